The maximum atomic E-state index is 5.67. The zero-order valence-electron chi connectivity index (χ0n) is 11.1. The molecule has 0 rings (SSSR count). The van der Waals surface area contributed by atoms with E-state index >= 15 is 0 Å². The second kappa shape index (κ2) is 14.0. The molecule has 0 aliphatic heterocycles. The Morgan fingerprint density at radius 3 is 2.71 bits per heavy atom. The summed E-state index contributed by atoms with van der Waals surface area (Å²) in [6.07, 6.45) is 2.25. The van der Waals surface area contributed by atoms with Crippen LogP contribution in [-0.2, 0) is 9.47 Å². The standard InChI is InChI=1S/C11H25N3O2.HI/c1-4-5-7-16-8-6-13-11(12)14-10(2)9-15-3;/h10H,4-9H2,1-3H3,(H3,12,13,14);1H. The van der Waals surface area contributed by atoms with Crippen molar-refractivity contribution in [2.24, 2.45) is 10.7 Å². The average Bonchev–Trinajstić information content (AvgIpc) is 2.23. The third-order valence-electron chi connectivity index (χ3n) is 1.97. The van der Waals surface area contributed by atoms with E-state index in [-0.39, 0.29) is 30.0 Å². The van der Waals surface area contributed by atoms with Crippen LogP contribution in [0.3, 0.4) is 0 Å². The Kier molecular flexibility index (Phi) is 15.8. The molecule has 0 amide bonds. The number of nitrogens with one attached hydrogen (secondary N) is 1. The summed E-state index contributed by atoms with van der Waals surface area (Å²) in [6, 6.07) is 0.176. The summed E-state index contributed by atoms with van der Waals surface area (Å²) < 4.78 is 10.3. The van der Waals surface area contributed by atoms with Gasteiger partial charge in [-0.1, -0.05) is 13.3 Å². The molecular weight excluding hydrogens is 333 g/mol. The van der Waals surface area contributed by atoms with Crippen molar-refractivity contribution in [3.63, 3.8) is 0 Å². The molecule has 0 fully saturated rings. The number of halogens is 1. The summed E-state index contributed by atoms with van der Waals surface area (Å²) in [6.45, 7) is 6.77. The smallest absolute Gasteiger partial charge is 0.188 e. The van der Waals surface area contributed by atoms with Crippen LogP contribution in [0.25, 0.3) is 0 Å². The number of rotatable bonds is 9. The Hall–Kier alpha value is -0.0800. The molecule has 17 heavy (non-hydrogen) atoms. The van der Waals surface area contributed by atoms with E-state index in [0.29, 0.717) is 25.7 Å². The van der Waals surface area contributed by atoms with E-state index in [0.717, 1.165) is 19.4 Å². The molecule has 0 heterocycles. The van der Waals surface area contributed by atoms with Gasteiger partial charge in [0.25, 0.3) is 0 Å². The second-order valence-corrected chi connectivity index (χ2v) is 3.73. The van der Waals surface area contributed by atoms with E-state index in [9.17, 15) is 0 Å². The highest BCUT2D eigenvalue weighted by molar-refractivity contribution is 14.0. The molecule has 104 valence electrons. The number of hydrogen-bond acceptors (Lipinski definition) is 3. The fourth-order valence-electron chi connectivity index (χ4n) is 1.17. The van der Waals surface area contributed by atoms with E-state index in [1.54, 1.807) is 7.11 Å². The van der Waals surface area contributed by atoms with Gasteiger partial charge in [0.15, 0.2) is 5.96 Å². The first-order valence-corrected chi connectivity index (χ1v) is 5.83. The molecule has 0 aromatic carbocycles. The molecule has 0 radical (unpaired) electrons. The average molecular weight is 359 g/mol. The van der Waals surface area contributed by atoms with Crippen LogP contribution in [0.5, 0.6) is 0 Å². The Bertz CT molecular complexity index is 192. The predicted molar refractivity (Wildman–Crippen MR) is 82.1 cm³/mol. The number of nitrogens with two attached hydrogens (primary N) is 1. The highest BCUT2D eigenvalue weighted by atomic mass is 127. The van der Waals surface area contributed by atoms with Crippen LogP contribution in [-0.4, -0.2) is 45.5 Å². The van der Waals surface area contributed by atoms with Crippen molar-refractivity contribution in [2.75, 3.05) is 33.5 Å². The van der Waals surface area contributed by atoms with E-state index in [1.165, 1.54) is 0 Å². The van der Waals surface area contributed by atoms with Crippen LogP contribution in [0, 0.1) is 0 Å². The van der Waals surface area contributed by atoms with Crippen LogP contribution >= 0.6 is 24.0 Å². The van der Waals surface area contributed by atoms with Crippen molar-refractivity contribution in [1.29, 1.82) is 0 Å². The molecule has 0 aliphatic carbocycles. The molecule has 0 spiro atoms. The van der Waals surface area contributed by atoms with Gasteiger partial charge in [-0.2, -0.15) is 0 Å². The maximum absolute atomic E-state index is 5.67. The van der Waals surface area contributed by atoms with E-state index in [4.69, 9.17) is 15.2 Å². The lowest BCUT2D eigenvalue weighted by atomic mass is 10.4. The molecule has 3 N–H and O–H groups in total. The van der Waals surface area contributed by atoms with Crippen molar-refractivity contribution < 1.29 is 9.47 Å². The van der Waals surface area contributed by atoms with Gasteiger partial charge in [0, 0.05) is 19.8 Å². The summed E-state index contributed by atoms with van der Waals surface area (Å²) >= 11 is 0. The highest BCUT2D eigenvalue weighted by Gasteiger charge is 2.00. The Morgan fingerprint density at radius 1 is 1.41 bits per heavy atom. The Balaban J connectivity index is 0. The van der Waals surface area contributed by atoms with Crippen LogP contribution in [0.4, 0.5) is 0 Å². The van der Waals surface area contributed by atoms with Crippen LogP contribution < -0.4 is 11.1 Å². The number of unbranched alkanes of at least 4 members (excludes halogenated alkanes) is 1. The SMILES string of the molecule is CCCCOCCN=C(N)NC(C)COC.I. The minimum absolute atomic E-state index is 0. The van der Waals surface area contributed by atoms with Gasteiger partial charge >= 0.3 is 0 Å². The van der Waals surface area contributed by atoms with Crippen molar-refractivity contribution in [2.45, 2.75) is 32.7 Å². The van der Waals surface area contributed by atoms with Gasteiger partial charge in [-0.25, -0.2) is 0 Å². The normalized spacial score (nSPS) is 13.0. The van der Waals surface area contributed by atoms with Gasteiger partial charge in [0.05, 0.1) is 19.8 Å². The lowest BCUT2D eigenvalue weighted by Gasteiger charge is -2.12. The summed E-state index contributed by atoms with van der Waals surface area (Å²) in [4.78, 5) is 4.15. The van der Waals surface area contributed by atoms with Crippen LogP contribution in [0.15, 0.2) is 4.99 Å². The van der Waals surface area contributed by atoms with Crippen molar-refractivity contribution in [1.82, 2.24) is 5.32 Å². The van der Waals surface area contributed by atoms with Gasteiger partial charge in [-0.15, -0.1) is 24.0 Å². The third kappa shape index (κ3) is 13.9. The highest BCUT2D eigenvalue weighted by Crippen LogP contribution is 1.87. The Morgan fingerprint density at radius 2 is 2.12 bits per heavy atom. The van der Waals surface area contributed by atoms with Crippen molar-refractivity contribution >= 4 is 29.9 Å². The number of ether oxygens (including phenoxy) is 2. The van der Waals surface area contributed by atoms with E-state index < -0.39 is 0 Å². The van der Waals surface area contributed by atoms with Gasteiger partial charge in [-0.05, 0) is 13.3 Å². The molecule has 0 aromatic rings. The molecular formula is C11H26IN3O2. The fourth-order valence-corrected chi connectivity index (χ4v) is 1.17. The summed E-state index contributed by atoms with van der Waals surface area (Å²) in [5.41, 5.74) is 5.67. The molecule has 0 saturated heterocycles. The molecule has 0 aliphatic rings. The second-order valence-electron chi connectivity index (χ2n) is 3.73. The van der Waals surface area contributed by atoms with Gasteiger partial charge in [0.1, 0.15) is 0 Å². The van der Waals surface area contributed by atoms with E-state index in [1.807, 2.05) is 6.92 Å². The van der Waals surface area contributed by atoms with Gasteiger partial charge < -0.3 is 20.5 Å². The minimum atomic E-state index is 0. The third-order valence-corrected chi connectivity index (χ3v) is 1.97. The number of nitrogens with zero attached hydrogens (tertiary/aromatic N) is 1. The largest absolute Gasteiger partial charge is 0.383 e. The molecule has 5 nitrogen and oxygen atoms in total. The van der Waals surface area contributed by atoms with Crippen LogP contribution in [0.1, 0.15) is 26.7 Å². The molecule has 0 aromatic heterocycles. The number of guanidine groups is 1. The summed E-state index contributed by atoms with van der Waals surface area (Å²) in [5, 5.41) is 3.03. The first-order chi connectivity index (χ1) is 7.70. The zero-order valence-corrected chi connectivity index (χ0v) is 13.4. The topological polar surface area (TPSA) is 68.9 Å². The first kappa shape index (κ1) is 19.3. The molecule has 1 atom stereocenters. The lowest BCUT2D eigenvalue weighted by molar-refractivity contribution is 0.138. The molecule has 0 saturated carbocycles. The fraction of sp³-hybridized carbons (Fsp3) is 0.909. The van der Waals surface area contributed by atoms with Crippen molar-refractivity contribution in [3.05, 3.63) is 0 Å². The molecule has 0 bridgehead atoms. The van der Waals surface area contributed by atoms with Gasteiger partial charge in [-0.3, -0.25) is 4.99 Å². The van der Waals surface area contributed by atoms with E-state index in [2.05, 4.69) is 17.2 Å². The number of hydrogen-bond donors (Lipinski definition) is 2. The monoisotopic (exact) mass is 359 g/mol. The predicted octanol–water partition coefficient (Wildman–Crippen LogP) is 1.36. The Labute approximate surface area is 122 Å². The minimum Gasteiger partial charge on any atom is -0.383 e. The lowest BCUT2D eigenvalue weighted by Crippen LogP contribution is -2.40. The quantitative estimate of drug-likeness (QED) is 0.282. The van der Waals surface area contributed by atoms with Crippen molar-refractivity contribution in [3.8, 4) is 0 Å². The zero-order chi connectivity index (χ0) is 12.2. The maximum Gasteiger partial charge on any atom is 0.188 e. The number of methoxy groups -OCH3 is 1. The van der Waals surface area contributed by atoms with Gasteiger partial charge in [0.2, 0.25) is 0 Å². The van der Waals surface area contributed by atoms with Crippen LogP contribution in [0.2, 0.25) is 0 Å². The summed E-state index contributed by atoms with van der Waals surface area (Å²) in [7, 11) is 1.66. The molecule has 1 unspecified atom stereocenters. The molecule has 6 heteroatoms. The first-order valence-electron chi connectivity index (χ1n) is 5.83. The summed E-state index contributed by atoms with van der Waals surface area (Å²) in [5.74, 6) is 0.448. The number of aliphatic imine (C=N–C) groups is 1.